The Morgan fingerprint density at radius 1 is 1.21 bits per heavy atom. The molecule has 1 aromatic heterocycles. The van der Waals surface area contributed by atoms with Crippen LogP contribution >= 0.6 is 0 Å². The second-order valence-electron chi connectivity index (χ2n) is 8.20. The Bertz CT molecular complexity index is 1020. The van der Waals surface area contributed by atoms with Crippen molar-refractivity contribution in [3.63, 3.8) is 0 Å². The van der Waals surface area contributed by atoms with E-state index in [-0.39, 0.29) is 5.75 Å². The molecule has 1 unspecified atom stereocenters. The number of nitrogen functional groups attached to an aromatic ring is 1. The summed E-state index contributed by atoms with van der Waals surface area (Å²) in [5.41, 5.74) is 16.9. The van der Waals surface area contributed by atoms with Crippen molar-refractivity contribution in [3.8, 4) is 5.75 Å². The monoisotopic (exact) mass is 448 g/mol. The number of phenols is 1. The number of aromatic amines is 1. The van der Waals surface area contributed by atoms with Crippen LogP contribution in [0.4, 0.5) is 5.82 Å². The number of allylic oxidation sites excluding steroid dienone is 2. The third-order valence-corrected chi connectivity index (χ3v) is 5.38. The van der Waals surface area contributed by atoms with Crippen molar-refractivity contribution in [3.05, 3.63) is 96.6 Å². The number of nitrogens with one attached hydrogen (secondary N) is 2. The average molecular weight is 449 g/mol. The number of H-pyrrole nitrogens is 1. The summed E-state index contributed by atoms with van der Waals surface area (Å²) in [4.78, 5) is 3.34. The van der Waals surface area contributed by atoms with E-state index in [0.717, 1.165) is 18.5 Å². The van der Waals surface area contributed by atoms with Crippen LogP contribution < -0.4 is 16.8 Å². The lowest BCUT2D eigenvalue weighted by atomic mass is 9.92. The van der Waals surface area contributed by atoms with Crippen LogP contribution in [0.1, 0.15) is 48.6 Å². The molecule has 2 heterocycles. The average Bonchev–Trinajstić information content (AvgIpc) is 3.06. The van der Waals surface area contributed by atoms with Gasteiger partial charge in [-0.25, -0.2) is 0 Å². The second-order valence-corrected chi connectivity index (χ2v) is 8.20. The molecule has 33 heavy (non-hydrogen) atoms. The number of phenolic OH excluding ortho intramolecular Hbond substituents is 1. The Hall–Kier alpha value is -3.64. The molecule has 0 radical (unpaired) electrons. The van der Waals surface area contributed by atoms with E-state index in [1.54, 1.807) is 18.2 Å². The summed E-state index contributed by atoms with van der Waals surface area (Å²) >= 11 is 0. The highest BCUT2D eigenvalue weighted by Crippen LogP contribution is 2.33. The first kappa shape index (κ1) is 25.6. The zero-order chi connectivity index (χ0) is 24.5. The molecule has 0 aliphatic carbocycles. The molecule has 6 heteroatoms. The van der Waals surface area contributed by atoms with Crippen molar-refractivity contribution < 1.29 is 9.84 Å². The van der Waals surface area contributed by atoms with Crippen molar-refractivity contribution in [2.24, 2.45) is 5.73 Å². The second kappa shape index (κ2) is 11.8. The first-order valence-electron chi connectivity index (χ1n) is 11.0. The third-order valence-electron chi connectivity index (χ3n) is 5.38. The van der Waals surface area contributed by atoms with Gasteiger partial charge in [0, 0.05) is 35.0 Å². The van der Waals surface area contributed by atoms with E-state index in [1.165, 1.54) is 29.8 Å². The van der Waals surface area contributed by atoms with Gasteiger partial charge in [0.25, 0.3) is 0 Å². The van der Waals surface area contributed by atoms with Gasteiger partial charge in [0.15, 0.2) is 0 Å². The van der Waals surface area contributed by atoms with Gasteiger partial charge < -0.3 is 31.6 Å². The summed E-state index contributed by atoms with van der Waals surface area (Å²) in [6.45, 7) is 19.3. The molecule has 6 nitrogen and oxygen atoms in total. The number of hydrogen-bond donors (Lipinski definition) is 5. The third kappa shape index (κ3) is 6.92. The minimum Gasteiger partial charge on any atom is -0.507 e. The topological polar surface area (TPSA) is 109 Å². The van der Waals surface area contributed by atoms with E-state index in [0.29, 0.717) is 40.6 Å². The smallest absolute Gasteiger partial charge is 0.124 e. The van der Waals surface area contributed by atoms with E-state index in [9.17, 15) is 5.11 Å². The summed E-state index contributed by atoms with van der Waals surface area (Å²) in [5, 5.41) is 13.4. The van der Waals surface area contributed by atoms with Gasteiger partial charge in [-0.15, -0.1) is 0 Å². The molecule has 1 saturated heterocycles. The maximum Gasteiger partial charge on any atom is 0.124 e. The van der Waals surface area contributed by atoms with Crippen LogP contribution in [0.15, 0.2) is 74.3 Å². The molecule has 1 aliphatic heterocycles. The van der Waals surface area contributed by atoms with Gasteiger partial charge >= 0.3 is 0 Å². The molecule has 3 rings (SSSR count). The molecular formula is C27H36N4O2. The van der Waals surface area contributed by atoms with Crippen LogP contribution in [0.3, 0.4) is 0 Å². The Balaban J connectivity index is 0.000000365. The number of benzene rings is 1. The lowest BCUT2D eigenvalue weighted by Gasteiger charge is -2.27. The predicted molar refractivity (Wildman–Crippen MR) is 139 cm³/mol. The van der Waals surface area contributed by atoms with Gasteiger partial charge in [-0.3, -0.25) is 0 Å². The van der Waals surface area contributed by atoms with Gasteiger partial charge in [0.05, 0.1) is 0 Å². The highest BCUT2D eigenvalue weighted by Gasteiger charge is 2.23. The summed E-state index contributed by atoms with van der Waals surface area (Å²) in [6, 6.07) is 7.59. The van der Waals surface area contributed by atoms with Crippen LogP contribution in [0.5, 0.6) is 5.75 Å². The fourth-order valence-corrected chi connectivity index (χ4v) is 3.55. The van der Waals surface area contributed by atoms with Crippen molar-refractivity contribution in [1.82, 2.24) is 10.3 Å². The largest absolute Gasteiger partial charge is 0.507 e. The van der Waals surface area contributed by atoms with Gasteiger partial charge in [-0.2, -0.15) is 0 Å². The van der Waals surface area contributed by atoms with Gasteiger partial charge in [0.2, 0.25) is 0 Å². The van der Waals surface area contributed by atoms with Crippen molar-refractivity contribution in [2.45, 2.75) is 38.6 Å². The number of aromatic hydroxyl groups is 1. The standard InChI is InChI=1S/C19H26N4O.C8H10O/c1-11(2)18-14(10-15(20)13-5-3-4-6-17(13)24)19(21)23-16(18)9-12-7-8-22-12;1-5-7(3)9-8(4)6-2/h3-6,10-12,22-24H,7-9,20-21H2,1-2H3;5-6H,1-4H2/b15-10-;. The molecular weight excluding hydrogens is 412 g/mol. The number of anilines is 1. The van der Waals surface area contributed by atoms with Crippen molar-refractivity contribution in [2.75, 3.05) is 12.3 Å². The summed E-state index contributed by atoms with van der Waals surface area (Å²) in [7, 11) is 0. The maximum atomic E-state index is 10.0. The van der Waals surface area contributed by atoms with Crippen LogP contribution in [0.2, 0.25) is 0 Å². The molecule has 0 spiro atoms. The molecule has 1 aromatic carbocycles. The quantitative estimate of drug-likeness (QED) is 0.268. The number of para-hydroxylation sites is 1. The fourth-order valence-electron chi connectivity index (χ4n) is 3.55. The fraction of sp³-hybridized carbons (Fsp3) is 0.259. The zero-order valence-electron chi connectivity index (χ0n) is 19.7. The number of aromatic nitrogens is 1. The molecule has 1 atom stereocenters. The maximum absolute atomic E-state index is 10.0. The van der Waals surface area contributed by atoms with Crippen LogP contribution in [0.25, 0.3) is 11.8 Å². The molecule has 0 bridgehead atoms. The normalized spacial score (nSPS) is 15.1. The van der Waals surface area contributed by atoms with Crippen LogP contribution in [0, 0.1) is 0 Å². The van der Waals surface area contributed by atoms with Crippen LogP contribution in [-0.4, -0.2) is 22.7 Å². The highest BCUT2D eigenvalue weighted by atomic mass is 16.5. The van der Waals surface area contributed by atoms with E-state index >= 15 is 0 Å². The molecule has 1 aliphatic rings. The number of hydrogen-bond acceptors (Lipinski definition) is 5. The number of nitrogens with two attached hydrogens (primary N) is 2. The first-order chi connectivity index (χ1) is 15.7. The number of rotatable bonds is 9. The van der Waals surface area contributed by atoms with Crippen molar-refractivity contribution >= 4 is 17.6 Å². The van der Waals surface area contributed by atoms with Crippen LogP contribution in [-0.2, 0) is 11.2 Å². The molecule has 0 saturated carbocycles. The molecule has 1 fully saturated rings. The predicted octanol–water partition coefficient (Wildman–Crippen LogP) is 5.19. The minimum absolute atomic E-state index is 0.172. The van der Waals surface area contributed by atoms with Gasteiger partial charge in [-0.05, 0) is 54.8 Å². The number of ether oxygens (including phenoxy) is 1. The van der Waals surface area contributed by atoms with Gasteiger partial charge in [-0.1, -0.05) is 52.3 Å². The molecule has 2 aromatic rings. The lowest BCUT2D eigenvalue weighted by molar-refractivity contribution is 0.340. The SMILES string of the molecule is C=CC(=C)OC(=C)C=C.CC(C)c1c(CC2CCN2)[nH]c(N)c1/C=C(\N)c1ccccc1O. The Morgan fingerprint density at radius 2 is 1.82 bits per heavy atom. The lowest BCUT2D eigenvalue weighted by Crippen LogP contribution is -2.44. The highest BCUT2D eigenvalue weighted by molar-refractivity contribution is 5.86. The molecule has 176 valence electrons. The van der Waals surface area contributed by atoms with E-state index in [1.807, 2.05) is 12.1 Å². The molecule has 0 amide bonds. The van der Waals surface area contributed by atoms with Crippen molar-refractivity contribution in [1.29, 1.82) is 0 Å². The van der Waals surface area contributed by atoms with E-state index in [4.69, 9.17) is 16.2 Å². The Morgan fingerprint density at radius 3 is 2.30 bits per heavy atom. The zero-order valence-corrected chi connectivity index (χ0v) is 19.7. The summed E-state index contributed by atoms with van der Waals surface area (Å²) < 4.78 is 4.92. The molecule has 7 N–H and O–H groups in total. The summed E-state index contributed by atoms with van der Waals surface area (Å²) in [5.74, 6) is 2.11. The van der Waals surface area contributed by atoms with E-state index in [2.05, 4.69) is 50.5 Å². The summed E-state index contributed by atoms with van der Waals surface area (Å²) in [6.07, 6.45) is 7.03. The first-order valence-corrected chi connectivity index (χ1v) is 11.0. The Labute approximate surface area is 197 Å². The Kier molecular flexibility index (Phi) is 9.18. The van der Waals surface area contributed by atoms with Gasteiger partial charge in [0.1, 0.15) is 23.1 Å². The van der Waals surface area contributed by atoms with E-state index < -0.39 is 0 Å². The minimum atomic E-state index is 0.172.